The lowest BCUT2D eigenvalue weighted by Crippen LogP contribution is -2.13. The van der Waals surface area contributed by atoms with Gasteiger partial charge in [0.25, 0.3) is 15.9 Å². The summed E-state index contributed by atoms with van der Waals surface area (Å²) in [5, 5.41) is 13.5. The Morgan fingerprint density at radius 1 is 1.17 bits per heavy atom. The summed E-state index contributed by atoms with van der Waals surface area (Å²) in [4.78, 5) is 5.56. The smallest absolute Gasteiger partial charge is 0.268 e. The molecule has 4 aromatic rings. The highest BCUT2D eigenvalue weighted by atomic mass is 35.5. The van der Waals surface area contributed by atoms with E-state index in [-0.39, 0.29) is 10.8 Å². The quantitative estimate of drug-likeness (QED) is 0.447. The van der Waals surface area contributed by atoms with E-state index in [9.17, 15) is 8.42 Å². The molecule has 0 spiro atoms. The molecule has 2 aromatic heterocycles. The third kappa shape index (κ3) is 4.07. The van der Waals surface area contributed by atoms with Gasteiger partial charge in [-0.15, -0.1) is 11.3 Å². The van der Waals surface area contributed by atoms with Crippen LogP contribution in [0.3, 0.4) is 0 Å². The second-order valence-corrected chi connectivity index (χ2v) is 9.61. The molecule has 150 valence electrons. The molecule has 0 radical (unpaired) electrons. The minimum atomic E-state index is -3.86. The number of halogens is 1. The first-order chi connectivity index (χ1) is 14.4. The maximum Gasteiger partial charge on any atom is 0.268 e. The zero-order chi connectivity index (χ0) is 21.3. The van der Waals surface area contributed by atoms with Gasteiger partial charge in [-0.05, 0) is 43.3 Å². The number of benzene rings is 2. The van der Waals surface area contributed by atoms with E-state index in [0.717, 1.165) is 0 Å². The predicted octanol–water partition coefficient (Wildman–Crippen LogP) is 5.10. The van der Waals surface area contributed by atoms with Crippen LogP contribution in [-0.4, -0.2) is 18.6 Å². The molecule has 0 unspecified atom stereocenters. The fourth-order valence-corrected chi connectivity index (χ4v) is 5.52. The number of rotatable bonds is 5. The molecule has 0 bridgehead atoms. The van der Waals surface area contributed by atoms with Crippen LogP contribution in [0.4, 0.5) is 5.69 Å². The Kier molecular flexibility index (Phi) is 5.30. The van der Waals surface area contributed by atoms with Gasteiger partial charge in [0.15, 0.2) is 0 Å². The van der Waals surface area contributed by atoms with Crippen molar-refractivity contribution in [3.63, 3.8) is 0 Å². The van der Waals surface area contributed by atoms with E-state index in [1.165, 1.54) is 23.5 Å². The Morgan fingerprint density at radius 3 is 2.73 bits per heavy atom. The standard InChI is InChI=1S/C20H13ClN4O3S2/c1-12-18(30(26,27)25-16-7-2-4-13(8-16)11-22)10-17(29-12)20-23-19(24-28-20)14-5-3-6-15(21)9-14/h2-10,25H,1H3. The van der Waals surface area contributed by atoms with E-state index >= 15 is 0 Å². The van der Waals surface area contributed by atoms with Crippen molar-refractivity contribution in [1.29, 1.82) is 5.26 Å². The van der Waals surface area contributed by atoms with Crippen LogP contribution in [0.15, 0.2) is 64.0 Å². The number of aryl methyl sites for hydroxylation is 1. The summed E-state index contributed by atoms with van der Waals surface area (Å²) in [5.41, 5.74) is 1.36. The molecular weight excluding hydrogens is 444 g/mol. The number of nitrogens with one attached hydrogen (secondary N) is 1. The molecule has 4 rings (SSSR count). The van der Waals surface area contributed by atoms with Gasteiger partial charge in [-0.2, -0.15) is 10.2 Å². The summed E-state index contributed by atoms with van der Waals surface area (Å²) in [6, 6.07) is 16.8. The van der Waals surface area contributed by atoms with E-state index in [1.54, 1.807) is 49.4 Å². The molecule has 30 heavy (non-hydrogen) atoms. The predicted molar refractivity (Wildman–Crippen MR) is 115 cm³/mol. The van der Waals surface area contributed by atoms with Crippen LogP contribution in [0.2, 0.25) is 5.02 Å². The lowest BCUT2D eigenvalue weighted by molar-refractivity contribution is 0.433. The molecule has 1 N–H and O–H groups in total. The number of hydrogen-bond acceptors (Lipinski definition) is 7. The molecule has 0 atom stereocenters. The van der Waals surface area contributed by atoms with Gasteiger partial charge in [0, 0.05) is 15.5 Å². The monoisotopic (exact) mass is 456 g/mol. The molecule has 2 aromatic carbocycles. The van der Waals surface area contributed by atoms with Crippen molar-refractivity contribution in [1.82, 2.24) is 10.1 Å². The van der Waals surface area contributed by atoms with Crippen molar-refractivity contribution in [3.8, 4) is 28.2 Å². The van der Waals surface area contributed by atoms with Crippen LogP contribution in [0, 0.1) is 18.3 Å². The molecule has 0 saturated heterocycles. The number of hydrogen-bond donors (Lipinski definition) is 1. The summed E-state index contributed by atoms with van der Waals surface area (Å²) >= 11 is 7.23. The van der Waals surface area contributed by atoms with Crippen LogP contribution in [0.25, 0.3) is 22.2 Å². The van der Waals surface area contributed by atoms with Crippen molar-refractivity contribution < 1.29 is 12.9 Å². The average molecular weight is 457 g/mol. The lowest BCUT2D eigenvalue weighted by atomic mass is 10.2. The largest absolute Gasteiger partial charge is 0.333 e. The molecule has 0 saturated carbocycles. The maximum absolute atomic E-state index is 12.9. The average Bonchev–Trinajstić information content (AvgIpc) is 3.35. The van der Waals surface area contributed by atoms with Gasteiger partial charge in [-0.1, -0.05) is 35.0 Å². The third-order valence-electron chi connectivity index (χ3n) is 4.13. The Morgan fingerprint density at radius 2 is 1.97 bits per heavy atom. The molecule has 0 aliphatic carbocycles. The fraction of sp³-hybridized carbons (Fsp3) is 0.0500. The Bertz CT molecular complexity index is 1390. The van der Waals surface area contributed by atoms with Crippen LogP contribution in [0.5, 0.6) is 0 Å². The Balaban J connectivity index is 1.64. The first-order valence-electron chi connectivity index (χ1n) is 8.59. The third-order valence-corrected chi connectivity index (χ3v) is 7.04. The summed E-state index contributed by atoms with van der Waals surface area (Å²) in [5.74, 6) is 0.570. The molecule has 0 aliphatic rings. The van der Waals surface area contributed by atoms with Gasteiger partial charge in [0.05, 0.1) is 22.2 Å². The number of nitrogens with zero attached hydrogens (tertiary/aromatic N) is 3. The second kappa shape index (κ2) is 7.91. The highest BCUT2D eigenvalue weighted by Gasteiger charge is 2.23. The van der Waals surface area contributed by atoms with Gasteiger partial charge in [-0.25, -0.2) is 8.42 Å². The zero-order valence-electron chi connectivity index (χ0n) is 15.5. The summed E-state index contributed by atoms with van der Waals surface area (Å²) < 4.78 is 33.6. The number of aromatic nitrogens is 2. The molecule has 0 aliphatic heterocycles. The number of nitriles is 1. The zero-order valence-corrected chi connectivity index (χ0v) is 17.8. The molecular formula is C20H13ClN4O3S2. The van der Waals surface area contributed by atoms with Crippen molar-refractivity contribution >= 4 is 38.6 Å². The van der Waals surface area contributed by atoms with Gasteiger partial charge >= 0.3 is 0 Å². The van der Waals surface area contributed by atoms with E-state index in [2.05, 4.69) is 14.9 Å². The van der Waals surface area contributed by atoms with Crippen molar-refractivity contribution in [2.24, 2.45) is 0 Å². The highest BCUT2D eigenvalue weighted by Crippen LogP contribution is 2.34. The number of sulfonamides is 1. The van der Waals surface area contributed by atoms with Crippen LogP contribution in [0.1, 0.15) is 10.4 Å². The highest BCUT2D eigenvalue weighted by molar-refractivity contribution is 7.93. The van der Waals surface area contributed by atoms with Crippen LogP contribution >= 0.6 is 22.9 Å². The van der Waals surface area contributed by atoms with E-state index in [1.807, 2.05) is 6.07 Å². The fourth-order valence-electron chi connectivity index (χ4n) is 2.77. The lowest BCUT2D eigenvalue weighted by Gasteiger charge is -2.07. The Labute approximate surface area is 181 Å². The maximum atomic E-state index is 12.9. The van der Waals surface area contributed by atoms with E-state index in [0.29, 0.717) is 37.4 Å². The van der Waals surface area contributed by atoms with Crippen LogP contribution < -0.4 is 4.72 Å². The molecule has 0 fully saturated rings. The summed E-state index contributed by atoms with van der Waals surface area (Å²) in [7, 11) is -3.86. The van der Waals surface area contributed by atoms with Gasteiger partial charge in [0.2, 0.25) is 5.82 Å². The van der Waals surface area contributed by atoms with Crippen molar-refractivity contribution in [2.45, 2.75) is 11.8 Å². The van der Waals surface area contributed by atoms with Crippen LogP contribution in [-0.2, 0) is 10.0 Å². The van der Waals surface area contributed by atoms with Gasteiger partial charge < -0.3 is 4.52 Å². The SMILES string of the molecule is Cc1sc(-c2nc(-c3cccc(Cl)c3)no2)cc1S(=O)(=O)Nc1cccc(C#N)c1. The molecule has 10 heteroatoms. The number of thiophene rings is 1. The topological polar surface area (TPSA) is 109 Å². The first-order valence-corrected chi connectivity index (χ1v) is 11.3. The van der Waals surface area contributed by atoms with E-state index in [4.69, 9.17) is 21.4 Å². The normalized spacial score (nSPS) is 11.2. The molecule has 0 amide bonds. The summed E-state index contributed by atoms with van der Waals surface area (Å²) in [6.45, 7) is 1.70. The number of anilines is 1. The second-order valence-electron chi connectivity index (χ2n) is 6.26. The molecule has 2 heterocycles. The molecule has 7 nitrogen and oxygen atoms in total. The summed E-state index contributed by atoms with van der Waals surface area (Å²) in [6.07, 6.45) is 0. The minimum Gasteiger partial charge on any atom is -0.333 e. The van der Waals surface area contributed by atoms with Crippen molar-refractivity contribution in [3.05, 3.63) is 70.1 Å². The van der Waals surface area contributed by atoms with Crippen molar-refractivity contribution in [2.75, 3.05) is 4.72 Å². The van der Waals surface area contributed by atoms with Gasteiger partial charge in [0.1, 0.15) is 4.90 Å². The minimum absolute atomic E-state index is 0.104. The van der Waals surface area contributed by atoms with Gasteiger partial charge in [-0.3, -0.25) is 4.72 Å². The Hall–Kier alpha value is -3.19. The first kappa shape index (κ1) is 20.1. The van der Waals surface area contributed by atoms with E-state index < -0.39 is 10.0 Å².